The monoisotopic (exact) mass is 444 g/mol. The second-order valence-electron chi connectivity index (χ2n) is 7.15. The quantitative estimate of drug-likeness (QED) is 0.599. The smallest absolute Gasteiger partial charge is 0.251 e. The van der Waals surface area contributed by atoms with E-state index in [0.717, 1.165) is 53.8 Å². The van der Waals surface area contributed by atoms with Crippen molar-refractivity contribution in [1.29, 1.82) is 0 Å². The molecule has 4 rings (SSSR count). The Kier molecular flexibility index (Phi) is 6.72. The summed E-state index contributed by atoms with van der Waals surface area (Å²) in [6.45, 7) is 7.87. The van der Waals surface area contributed by atoms with Crippen LogP contribution in [0.15, 0.2) is 42.5 Å². The van der Waals surface area contributed by atoms with Crippen molar-refractivity contribution >= 4 is 44.2 Å². The van der Waals surface area contributed by atoms with Gasteiger partial charge in [0.15, 0.2) is 5.13 Å². The van der Waals surface area contributed by atoms with Crippen molar-refractivity contribution < 1.29 is 9.53 Å². The van der Waals surface area contributed by atoms with Crippen molar-refractivity contribution in [3.63, 3.8) is 0 Å². The second kappa shape index (κ2) is 9.64. The van der Waals surface area contributed by atoms with Gasteiger partial charge in [0.25, 0.3) is 5.91 Å². The number of hydrogen-bond acceptors (Lipinski definition) is 6. The fourth-order valence-electron chi connectivity index (χ4n) is 3.51. The molecule has 0 atom stereocenters. The van der Waals surface area contributed by atoms with Gasteiger partial charge in [0.1, 0.15) is 5.75 Å². The molecule has 6 nitrogen and oxygen atoms in total. The Labute approximate surface area is 185 Å². The number of rotatable bonds is 7. The molecule has 3 aromatic rings. The minimum absolute atomic E-state index is 0.0861. The zero-order chi connectivity index (χ0) is 20.9. The summed E-state index contributed by atoms with van der Waals surface area (Å²) in [5.74, 6) is 0.807. The molecule has 8 heteroatoms. The van der Waals surface area contributed by atoms with Crippen LogP contribution in [0.2, 0.25) is 5.02 Å². The number of anilines is 1. The van der Waals surface area contributed by atoms with E-state index in [9.17, 15) is 4.79 Å². The van der Waals surface area contributed by atoms with Crippen molar-refractivity contribution in [3.8, 4) is 5.75 Å². The Balaban J connectivity index is 1.26. The Morgan fingerprint density at radius 3 is 2.80 bits per heavy atom. The maximum atomic E-state index is 12.2. The number of benzene rings is 2. The fourth-order valence-corrected chi connectivity index (χ4v) is 4.74. The number of ether oxygens (including phenoxy) is 1. The zero-order valence-electron chi connectivity index (χ0n) is 16.9. The van der Waals surface area contributed by atoms with Crippen LogP contribution in [0.1, 0.15) is 17.3 Å². The molecule has 0 unspecified atom stereocenters. The number of thiazole rings is 1. The molecular formula is C22H25ClN4O2S. The first-order valence-electron chi connectivity index (χ1n) is 10.2. The van der Waals surface area contributed by atoms with Gasteiger partial charge in [0.05, 0.1) is 16.8 Å². The summed E-state index contributed by atoms with van der Waals surface area (Å²) < 4.78 is 6.75. The second-order valence-corrected chi connectivity index (χ2v) is 8.60. The van der Waals surface area contributed by atoms with Gasteiger partial charge < -0.3 is 15.0 Å². The highest BCUT2D eigenvalue weighted by atomic mass is 35.5. The minimum Gasteiger partial charge on any atom is -0.494 e. The predicted molar refractivity (Wildman–Crippen MR) is 123 cm³/mol. The fraction of sp³-hybridized carbons (Fsp3) is 0.364. The van der Waals surface area contributed by atoms with Crippen LogP contribution in [-0.4, -0.2) is 61.7 Å². The van der Waals surface area contributed by atoms with Crippen molar-refractivity contribution in [3.05, 3.63) is 53.1 Å². The van der Waals surface area contributed by atoms with E-state index >= 15 is 0 Å². The summed E-state index contributed by atoms with van der Waals surface area (Å²) >= 11 is 7.67. The molecule has 2 heterocycles. The number of fused-ring (bicyclic) bond motifs is 1. The molecule has 1 aliphatic rings. The number of halogens is 1. The summed E-state index contributed by atoms with van der Waals surface area (Å²) in [6.07, 6.45) is 0. The number of aromatic nitrogens is 1. The van der Waals surface area contributed by atoms with Crippen LogP contribution in [0.5, 0.6) is 5.75 Å². The van der Waals surface area contributed by atoms with E-state index < -0.39 is 0 Å². The van der Waals surface area contributed by atoms with Crippen LogP contribution in [0.25, 0.3) is 10.2 Å². The summed E-state index contributed by atoms with van der Waals surface area (Å²) in [6, 6.07) is 13.1. The molecule has 0 spiro atoms. The van der Waals surface area contributed by atoms with E-state index in [1.54, 1.807) is 35.6 Å². The number of nitrogens with zero attached hydrogens (tertiary/aromatic N) is 3. The molecule has 1 N–H and O–H groups in total. The van der Waals surface area contributed by atoms with Gasteiger partial charge in [0, 0.05) is 49.9 Å². The highest BCUT2D eigenvalue weighted by Crippen LogP contribution is 2.31. The lowest BCUT2D eigenvalue weighted by Crippen LogP contribution is -2.48. The van der Waals surface area contributed by atoms with E-state index in [4.69, 9.17) is 21.3 Å². The first kappa shape index (κ1) is 20.9. The first-order valence-corrected chi connectivity index (χ1v) is 11.4. The molecule has 1 aliphatic heterocycles. The van der Waals surface area contributed by atoms with Crippen LogP contribution < -0.4 is 15.0 Å². The third kappa shape index (κ3) is 5.03. The Morgan fingerprint density at radius 2 is 2.03 bits per heavy atom. The van der Waals surface area contributed by atoms with Gasteiger partial charge in [-0.1, -0.05) is 29.0 Å². The number of carbonyl (C=O) groups excluding carboxylic acids is 1. The van der Waals surface area contributed by atoms with E-state index in [-0.39, 0.29) is 5.91 Å². The molecule has 30 heavy (non-hydrogen) atoms. The molecule has 2 aromatic carbocycles. The molecule has 158 valence electrons. The van der Waals surface area contributed by atoms with Gasteiger partial charge in [-0.2, -0.15) is 0 Å². The molecular weight excluding hydrogens is 420 g/mol. The van der Waals surface area contributed by atoms with E-state index in [1.165, 1.54) is 0 Å². The summed E-state index contributed by atoms with van der Waals surface area (Å²) in [7, 11) is 0. The van der Waals surface area contributed by atoms with E-state index in [0.29, 0.717) is 23.7 Å². The lowest BCUT2D eigenvalue weighted by atomic mass is 10.2. The van der Waals surface area contributed by atoms with Gasteiger partial charge in [-0.15, -0.1) is 0 Å². The number of amides is 1. The van der Waals surface area contributed by atoms with Crippen LogP contribution in [0.4, 0.5) is 5.13 Å². The third-order valence-corrected chi connectivity index (χ3v) is 6.42. The minimum atomic E-state index is -0.0861. The van der Waals surface area contributed by atoms with Gasteiger partial charge in [-0.3, -0.25) is 9.69 Å². The van der Waals surface area contributed by atoms with Crippen molar-refractivity contribution in [1.82, 2.24) is 15.2 Å². The maximum Gasteiger partial charge on any atom is 0.251 e. The maximum absolute atomic E-state index is 12.2. The number of piperazine rings is 1. The number of carbonyl (C=O) groups is 1. The molecule has 0 radical (unpaired) electrons. The Morgan fingerprint density at radius 1 is 1.20 bits per heavy atom. The van der Waals surface area contributed by atoms with Crippen molar-refractivity contribution in [2.24, 2.45) is 0 Å². The molecule has 1 fully saturated rings. The number of hydrogen-bond donors (Lipinski definition) is 1. The van der Waals surface area contributed by atoms with Crippen molar-refractivity contribution in [2.75, 3.05) is 50.8 Å². The van der Waals surface area contributed by atoms with Crippen LogP contribution in [0.3, 0.4) is 0 Å². The highest BCUT2D eigenvalue weighted by Gasteiger charge is 2.20. The Hall–Kier alpha value is -2.35. The molecule has 1 aromatic heterocycles. The normalized spacial score (nSPS) is 14.8. The molecule has 0 saturated carbocycles. The largest absolute Gasteiger partial charge is 0.494 e. The van der Waals surface area contributed by atoms with Crippen LogP contribution >= 0.6 is 22.9 Å². The lowest BCUT2D eigenvalue weighted by molar-refractivity contribution is 0.0948. The van der Waals surface area contributed by atoms with Crippen molar-refractivity contribution in [2.45, 2.75) is 6.92 Å². The zero-order valence-corrected chi connectivity index (χ0v) is 18.5. The molecule has 1 amide bonds. The Bertz CT molecular complexity index is 1020. The standard InChI is InChI=1S/C22H25ClN4O2S/c1-2-29-18-6-7-19-20(15-18)30-22(25-19)27-12-10-26(11-13-27)9-8-24-21(28)16-4-3-5-17(23)14-16/h3-7,14-15H,2,8-13H2,1H3,(H,24,28). The van der Waals surface area contributed by atoms with Gasteiger partial charge in [0.2, 0.25) is 0 Å². The summed E-state index contributed by atoms with van der Waals surface area (Å²) in [5.41, 5.74) is 1.61. The number of nitrogens with one attached hydrogen (secondary N) is 1. The first-order chi connectivity index (χ1) is 14.6. The average molecular weight is 445 g/mol. The molecule has 0 aliphatic carbocycles. The predicted octanol–water partition coefficient (Wildman–Crippen LogP) is 3.90. The summed E-state index contributed by atoms with van der Waals surface area (Å²) in [5, 5.41) is 4.61. The van der Waals surface area contributed by atoms with Crippen LogP contribution in [0, 0.1) is 0 Å². The SMILES string of the molecule is CCOc1ccc2nc(N3CCN(CCNC(=O)c4cccc(Cl)c4)CC3)sc2c1. The van der Waals surface area contributed by atoms with Gasteiger partial charge in [-0.25, -0.2) is 4.98 Å². The molecule has 1 saturated heterocycles. The van der Waals surface area contributed by atoms with Gasteiger partial charge >= 0.3 is 0 Å². The average Bonchev–Trinajstić information content (AvgIpc) is 3.18. The highest BCUT2D eigenvalue weighted by molar-refractivity contribution is 7.22. The topological polar surface area (TPSA) is 57.7 Å². The molecule has 0 bridgehead atoms. The third-order valence-electron chi connectivity index (χ3n) is 5.10. The van der Waals surface area contributed by atoms with E-state index in [1.807, 2.05) is 19.1 Å². The lowest BCUT2D eigenvalue weighted by Gasteiger charge is -2.34. The van der Waals surface area contributed by atoms with Crippen LogP contribution in [-0.2, 0) is 0 Å². The van der Waals surface area contributed by atoms with Gasteiger partial charge in [-0.05, 0) is 43.3 Å². The van der Waals surface area contributed by atoms with E-state index in [2.05, 4.69) is 21.2 Å². The summed E-state index contributed by atoms with van der Waals surface area (Å²) in [4.78, 5) is 21.7.